The van der Waals surface area contributed by atoms with Crippen LogP contribution in [0.15, 0.2) is 28.7 Å². The van der Waals surface area contributed by atoms with Gasteiger partial charge in [-0.3, -0.25) is 0 Å². The zero-order valence-corrected chi connectivity index (χ0v) is 12.3. The molecule has 2 N–H and O–H groups in total. The molecular weight excluding hydrogens is 298 g/mol. The van der Waals surface area contributed by atoms with E-state index in [1.807, 2.05) is 12.1 Å². The molecule has 4 nitrogen and oxygen atoms in total. The van der Waals surface area contributed by atoms with Crippen LogP contribution in [0.2, 0.25) is 0 Å². The maximum atomic E-state index is 11.4. The van der Waals surface area contributed by atoms with Gasteiger partial charge in [0.2, 0.25) is 0 Å². The average Bonchev–Trinajstić information content (AvgIpc) is 2.24. The molecule has 1 atom stereocenters. The Bertz CT molecular complexity index is 398. The van der Waals surface area contributed by atoms with Crippen LogP contribution in [0.1, 0.15) is 32.4 Å². The second kappa shape index (κ2) is 6.20. The average molecular weight is 316 g/mol. The molecule has 0 aliphatic rings. The van der Waals surface area contributed by atoms with E-state index in [4.69, 9.17) is 4.74 Å². The van der Waals surface area contributed by atoms with Gasteiger partial charge in [0.25, 0.3) is 0 Å². The van der Waals surface area contributed by atoms with Crippen molar-refractivity contribution in [3.8, 4) is 0 Å². The molecule has 0 saturated heterocycles. The summed E-state index contributed by atoms with van der Waals surface area (Å²) in [6.45, 7) is 5.49. The van der Waals surface area contributed by atoms with Crippen LogP contribution in [0.25, 0.3) is 0 Å². The second-order valence-corrected chi connectivity index (χ2v) is 5.87. The molecule has 0 heterocycles. The Morgan fingerprint density at radius 3 is 2.44 bits per heavy atom. The summed E-state index contributed by atoms with van der Waals surface area (Å²) >= 11 is 3.32. The van der Waals surface area contributed by atoms with E-state index in [0.717, 1.165) is 10.0 Å². The molecule has 0 fully saturated rings. The highest BCUT2D eigenvalue weighted by molar-refractivity contribution is 9.10. The smallest absolute Gasteiger partial charge is 0.407 e. The normalized spacial score (nSPS) is 12.9. The minimum atomic E-state index is -0.745. The number of amides is 1. The van der Waals surface area contributed by atoms with E-state index in [1.165, 1.54) is 0 Å². The number of benzene rings is 1. The maximum Gasteiger partial charge on any atom is 0.407 e. The van der Waals surface area contributed by atoms with Gasteiger partial charge in [0.05, 0.1) is 12.6 Å². The third-order valence-electron chi connectivity index (χ3n) is 2.09. The number of aliphatic hydroxyl groups is 1. The van der Waals surface area contributed by atoms with Crippen molar-refractivity contribution < 1.29 is 14.6 Å². The Morgan fingerprint density at radius 1 is 1.39 bits per heavy atom. The van der Waals surface area contributed by atoms with Crippen molar-refractivity contribution in [3.05, 3.63) is 34.3 Å². The molecule has 18 heavy (non-hydrogen) atoms. The lowest BCUT2D eigenvalue weighted by molar-refractivity contribution is 0.0492. The summed E-state index contributed by atoms with van der Waals surface area (Å²) < 4.78 is 6.02. The van der Waals surface area contributed by atoms with Crippen molar-refractivity contribution in [2.45, 2.75) is 32.5 Å². The molecular formula is C13H18BrNO3. The van der Waals surface area contributed by atoms with E-state index < -0.39 is 17.8 Å². The van der Waals surface area contributed by atoms with E-state index in [2.05, 4.69) is 21.2 Å². The molecule has 0 spiro atoms. The summed E-state index contributed by atoms with van der Waals surface area (Å²) in [5, 5.41) is 12.4. The monoisotopic (exact) mass is 315 g/mol. The van der Waals surface area contributed by atoms with Crippen molar-refractivity contribution in [1.29, 1.82) is 0 Å². The van der Waals surface area contributed by atoms with E-state index >= 15 is 0 Å². The van der Waals surface area contributed by atoms with Gasteiger partial charge in [-0.1, -0.05) is 28.1 Å². The predicted molar refractivity (Wildman–Crippen MR) is 73.3 cm³/mol. The van der Waals surface area contributed by atoms with Crippen LogP contribution in [0.4, 0.5) is 4.79 Å². The number of ether oxygens (including phenoxy) is 1. The first-order valence-electron chi connectivity index (χ1n) is 5.68. The first-order chi connectivity index (χ1) is 8.28. The van der Waals surface area contributed by atoms with E-state index in [0.29, 0.717) is 0 Å². The van der Waals surface area contributed by atoms with Crippen LogP contribution in [0.5, 0.6) is 0 Å². The minimum Gasteiger partial charge on any atom is -0.444 e. The molecule has 0 radical (unpaired) electrons. The number of carbonyl (C=O) groups is 1. The lowest BCUT2D eigenvalue weighted by atomic mass is 10.1. The SMILES string of the molecule is CC(C)(C)OC(=O)NC[C@@H](O)c1ccc(Br)cc1. The molecule has 0 aliphatic heterocycles. The highest BCUT2D eigenvalue weighted by atomic mass is 79.9. The molecule has 0 saturated carbocycles. The number of rotatable bonds is 3. The zero-order valence-electron chi connectivity index (χ0n) is 10.7. The highest BCUT2D eigenvalue weighted by Crippen LogP contribution is 2.16. The molecule has 0 aliphatic carbocycles. The second-order valence-electron chi connectivity index (χ2n) is 4.95. The van der Waals surface area contributed by atoms with Gasteiger partial charge in [-0.15, -0.1) is 0 Å². The van der Waals surface area contributed by atoms with Crippen molar-refractivity contribution >= 4 is 22.0 Å². The standard InChI is InChI=1S/C13H18BrNO3/c1-13(2,3)18-12(17)15-8-11(16)9-4-6-10(14)7-5-9/h4-7,11,16H,8H2,1-3H3,(H,15,17)/t11-/m1/s1. The first kappa shape index (κ1) is 15.0. The summed E-state index contributed by atoms with van der Waals surface area (Å²) in [6, 6.07) is 7.27. The number of nitrogens with one attached hydrogen (secondary N) is 1. The van der Waals surface area contributed by atoms with Crippen LogP contribution in [0.3, 0.4) is 0 Å². The van der Waals surface area contributed by atoms with Gasteiger partial charge in [-0.2, -0.15) is 0 Å². The molecule has 0 aromatic heterocycles. The van der Waals surface area contributed by atoms with Crippen LogP contribution < -0.4 is 5.32 Å². The number of hydrogen-bond acceptors (Lipinski definition) is 3. The van der Waals surface area contributed by atoms with Gasteiger partial charge in [-0.25, -0.2) is 4.79 Å². The Hall–Kier alpha value is -1.07. The third kappa shape index (κ3) is 5.51. The number of aliphatic hydroxyl groups excluding tert-OH is 1. The van der Waals surface area contributed by atoms with E-state index in [9.17, 15) is 9.90 Å². The fourth-order valence-electron chi connectivity index (χ4n) is 1.30. The van der Waals surface area contributed by atoms with Crippen molar-refractivity contribution in [2.24, 2.45) is 0 Å². The van der Waals surface area contributed by atoms with Crippen molar-refractivity contribution in [2.75, 3.05) is 6.54 Å². The molecule has 1 amide bonds. The number of halogens is 1. The molecule has 1 aromatic carbocycles. The Balaban J connectivity index is 2.44. The molecule has 0 unspecified atom stereocenters. The van der Waals surface area contributed by atoms with Gasteiger partial charge in [-0.05, 0) is 38.5 Å². The summed E-state index contributed by atoms with van der Waals surface area (Å²) in [6.07, 6.45) is -1.27. The summed E-state index contributed by atoms with van der Waals surface area (Å²) in [4.78, 5) is 11.4. The van der Waals surface area contributed by atoms with Crippen LogP contribution in [-0.4, -0.2) is 23.3 Å². The van der Waals surface area contributed by atoms with Gasteiger partial charge < -0.3 is 15.2 Å². The lowest BCUT2D eigenvalue weighted by Gasteiger charge is -2.20. The number of hydrogen-bond donors (Lipinski definition) is 2. The zero-order chi connectivity index (χ0) is 13.8. The lowest BCUT2D eigenvalue weighted by Crippen LogP contribution is -2.34. The Kier molecular flexibility index (Phi) is 5.16. The molecule has 1 rings (SSSR count). The van der Waals surface area contributed by atoms with Crippen molar-refractivity contribution in [3.63, 3.8) is 0 Å². The largest absolute Gasteiger partial charge is 0.444 e. The van der Waals surface area contributed by atoms with Gasteiger partial charge >= 0.3 is 6.09 Å². The van der Waals surface area contributed by atoms with Crippen LogP contribution in [-0.2, 0) is 4.74 Å². The highest BCUT2D eigenvalue weighted by Gasteiger charge is 2.17. The summed E-state index contributed by atoms with van der Waals surface area (Å²) in [5.74, 6) is 0. The van der Waals surface area contributed by atoms with Gasteiger partial charge in [0.1, 0.15) is 5.60 Å². The van der Waals surface area contributed by atoms with E-state index in [-0.39, 0.29) is 6.54 Å². The minimum absolute atomic E-state index is 0.122. The molecule has 100 valence electrons. The fraction of sp³-hybridized carbons (Fsp3) is 0.462. The number of carbonyl (C=O) groups excluding carboxylic acids is 1. The Morgan fingerprint density at radius 2 is 1.94 bits per heavy atom. The topological polar surface area (TPSA) is 58.6 Å². The van der Waals surface area contributed by atoms with Crippen LogP contribution >= 0.6 is 15.9 Å². The van der Waals surface area contributed by atoms with Crippen molar-refractivity contribution in [1.82, 2.24) is 5.32 Å². The van der Waals surface area contributed by atoms with E-state index in [1.54, 1.807) is 32.9 Å². The summed E-state index contributed by atoms with van der Waals surface area (Å²) in [5.41, 5.74) is 0.210. The van der Waals surface area contributed by atoms with Gasteiger partial charge in [0, 0.05) is 4.47 Å². The quantitative estimate of drug-likeness (QED) is 0.901. The molecule has 1 aromatic rings. The molecule has 5 heteroatoms. The first-order valence-corrected chi connectivity index (χ1v) is 6.47. The predicted octanol–water partition coefficient (Wildman–Crippen LogP) is 3.01. The third-order valence-corrected chi connectivity index (χ3v) is 2.62. The maximum absolute atomic E-state index is 11.4. The van der Waals surface area contributed by atoms with Crippen LogP contribution in [0, 0.1) is 0 Å². The Labute approximate surface area is 115 Å². The fourth-order valence-corrected chi connectivity index (χ4v) is 1.56. The molecule has 0 bridgehead atoms. The van der Waals surface area contributed by atoms with Gasteiger partial charge in [0.15, 0.2) is 0 Å². The summed E-state index contributed by atoms with van der Waals surface area (Å²) in [7, 11) is 0. The number of alkyl carbamates (subject to hydrolysis) is 1.